The fraction of sp³-hybridized carbons (Fsp3) is 0.286. The molecule has 2 aromatic rings. The van der Waals surface area contributed by atoms with E-state index in [1.807, 2.05) is 18.3 Å². The van der Waals surface area contributed by atoms with E-state index < -0.39 is 0 Å². The minimum Gasteiger partial charge on any atom is -0.295 e. The lowest BCUT2D eigenvalue weighted by molar-refractivity contribution is 0.101. The Morgan fingerprint density at radius 2 is 2.17 bits per heavy atom. The van der Waals surface area contributed by atoms with Crippen LogP contribution in [0, 0.1) is 0 Å². The molecule has 92 valence electrons. The van der Waals surface area contributed by atoms with E-state index in [9.17, 15) is 4.79 Å². The van der Waals surface area contributed by atoms with Gasteiger partial charge in [-0.1, -0.05) is 11.6 Å². The summed E-state index contributed by atoms with van der Waals surface area (Å²) < 4.78 is 1.78. The van der Waals surface area contributed by atoms with Gasteiger partial charge < -0.3 is 0 Å². The number of rotatable bonds is 3. The monoisotopic (exact) mass is 260 g/mol. The van der Waals surface area contributed by atoms with Gasteiger partial charge in [-0.05, 0) is 44.0 Å². The van der Waals surface area contributed by atoms with Crippen LogP contribution in [0.5, 0.6) is 0 Å². The molecule has 1 heterocycles. The standard InChI is InChI=1S/C14H13ClN2O/c1-9(18)11-4-5-14(12(15)8-11)17-7-6-13(16-17)10-2-3-10/h4-8,10H,2-3H2,1H3. The molecule has 0 aliphatic heterocycles. The van der Waals surface area contributed by atoms with Crippen molar-refractivity contribution in [1.29, 1.82) is 0 Å². The van der Waals surface area contributed by atoms with E-state index in [0.717, 1.165) is 11.4 Å². The summed E-state index contributed by atoms with van der Waals surface area (Å²) in [4.78, 5) is 11.3. The van der Waals surface area contributed by atoms with Crippen LogP contribution in [0.2, 0.25) is 5.02 Å². The van der Waals surface area contributed by atoms with Crippen molar-refractivity contribution in [1.82, 2.24) is 9.78 Å². The summed E-state index contributed by atoms with van der Waals surface area (Å²) in [5, 5.41) is 5.07. The molecule has 0 N–H and O–H groups in total. The quantitative estimate of drug-likeness (QED) is 0.791. The number of benzene rings is 1. The first-order valence-corrected chi connectivity index (χ1v) is 6.39. The van der Waals surface area contributed by atoms with Crippen LogP contribution in [0.25, 0.3) is 5.69 Å². The van der Waals surface area contributed by atoms with Crippen molar-refractivity contribution in [3.63, 3.8) is 0 Å². The molecule has 1 fully saturated rings. The Morgan fingerprint density at radius 1 is 1.39 bits per heavy atom. The van der Waals surface area contributed by atoms with Crippen molar-refractivity contribution < 1.29 is 4.79 Å². The second kappa shape index (κ2) is 4.25. The molecule has 0 radical (unpaired) electrons. The highest BCUT2D eigenvalue weighted by atomic mass is 35.5. The van der Waals surface area contributed by atoms with E-state index in [0.29, 0.717) is 16.5 Å². The Kier molecular flexibility index (Phi) is 2.71. The highest BCUT2D eigenvalue weighted by molar-refractivity contribution is 6.32. The molecule has 0 spiro atoms. The number of hydrogen-bond acceptors (Lipinski definition) is 2. The van der Waals surface area contributed by atoms with Gasteiger partial charge in [0.2, 0.25) is 0 Å². The average Bonchev–Trinajstić information content (AvgIpc) is 3.08. The van der Waals surface area contributed by atoms with E-state index in [1.165, 1.54) is 19.8 Å². The molecule has 1 aromatic carbocycles. The fourth-order valence-electron chi connectivity index (χ4n) is 1.98. The maximum atomic E-state index is 11.3. The molecule has 0 bridgehead atoms. The van der Waals surface area contributed by atoms with Gasteiger partial charge >= 0.3 is 0 Å². The number of carbonyl (C=O) groups is 1. The normalized spacial score (nSPS) is 14.8. The maximum Gasteiger partial charge on any atom is 0.159 e. The number of hydrogen-bond donors (Lipinski definition) is 0. The first-order valence-electron chi connectivity index (χ1n) is 6.01. The molecule has 3 nitrogen and oxygen atoms in total. The van der Waals surface area contributed by atoms with Gasteiger partial charge in [0.15, 0.2) is 5.78 Å². The number of Topliss-reactive ketones (excluding diaryl/α,β-unsaturated/α-hetero) is 1. The molecule has 1 saturated carbocycles. The van der Waals surface area contributed by atoms with Crippen LogP contribution in [0.4, 0.5) is 0 Å². The summed E-state index contributed by atoms with van der Waals surface area (Å²) in [6.45, 7) is 1.53. The predicted molar refractivity (Wildman–Crippen MR) is 70.6 cm³/mol. The van der Waals surface area contributed by atoms with Gasteiger partial charge in [0.05, 0.1) is 16.4 Å². The van der Waals surface area contributed by atoms with Crippen LogP contribution >= 0.6 is 11.6 Å². The lowest BCUT2D eigenvalue weighted by Gasteiger charge is -2.05. The Balaban J connectivity index is 1.97. The summed E-state index contributed by atoms with van der Waals surface area (Å²) in [7, 11) is 0. The van der Waals surface area contributed by atoms with Gasteiger partial charge in [-0.25, -0.2) is 4.68 Å². The van der Waals surface area contributed by atoms with Crippen LogP contribution < -0.4 is 0 Å². The number of nitrogens with zero attached hydrogens (tertiary/aromatic N) is 2. The molecular weight excluding hydrogens is 248 g/mol. The number of ketones is 1. The predicted octanol–water partition coefficient (Wildman–Crippen LogP) is 3.61. The Morgan fingerprint density at radius 3 is 2.78 bits per heavy atom. The summed E-state index contributed by atoms with van der Waals surface area (Å²) in [5.74, 6) is 0.643. The maximum absolute atomic E-state index is 11.3. The smallest absolute Gasteiger partial charge is 0.159 e. The molecule has 4 heteroatoms. The SMILES string of the molecule is CC(=O)c1ccc(-n2ccc(C3CC3)n2)c(Cl)c1. The fourth-order valence-corrected chi connectivity index (χ4v) is 2.25. The molecule has 0 saturated heterocycles. The van der Waals surface area contributed by atoms with Crippen molar-refractivity contribution in [2.75, 3.05) is 0 Å². The summed E-state index contributed by atoms with van der Waals surface area (Å²) in [6.07, 6.45) is 4.38. The third-order valence-electron chi connectivity index (χ3n) is 3.21. The lowest BCUT2D eigenvalue weighted by Crippen LogP contribution is -1.99. The van der Waals surface area contributed by atoms with Gasteiger partial charge in [-0.2, -0.15) is 5.10 Å². The van der Waals surface area contributed by atoms with Gasteiger partial charge in [0, 0.05) is 17.7 Å². The van der Waals surface area contributed by atoms with Crippen LogP contribution in [0.3, 0.4) is 0 Å². The van der Waals surface area contributed by atoms with Crippen LogP contribution in [-0.2, 0) is 0 Å². The number of halogens is 1. The third kappa shape index (κ3) is 2.06. The van der Waals surface area contributed by atoms with Crippen molar-refractivity contribution in [3.8, 4) is 5.69 Å². The molecule has 0 unspecified atom stereocenters. The second-order valence-electron chi connectivity index (χ2n) is 4.68. The van der Waals surface area contributed by atoms with Gasteiger partial charge in [-0.3, -0.25) is 4.79 Å². The second-order valence-corrected chi connectivity index (χ2v) is 5.09. The molecule has 1 aliphatic rings. The van der Waals surface area contributed by atoms with Gasteiger partial charge in [-0.15, -0.1) is 0 Å². The van der Waals surface area contributed by atoms with E-state index in [4.69, 9.17) is 11.6 Å². The van der Waals surface area contributed by atoms with Crippen LogP contribution in [-0.4, -0.2) is 15.6 Å². The number of aromatic nitrogens is 2. The Labute approximate surface area is 110 Å². The van der Waals surface area contributed by atoms with E-state index in [2.05, 4.69) is 5.10 Å². The molecule has 1 aromatic heterocycles. The van der Waals surface area contributed by atoms with Crippen LogP contribution in [0.15, 0.2) is 30.5 Å². The molecule has 0 amide bonds. The van der Waals surface area contributed by atoms with E-state index in [-0.39, 0.29) is 5.78 Å². The van der Waals surface area contributed by atoms with E-state index in [1.54, 1.807) is 16.8 Å². The first-order chi connectivity index (χ1) is 8.65. The summed E-state index contributed by atoms with van der Waals surface area (Å²) in [6, 6.07) is 7.34. The number of carbonyl (C=O) groups excluding carboxylic acids is 1. The molecule has 1 aliphatic carbocycles. The largest absolute Gasteiger partial charge is 0.295 e. The van der Waals surface area contributed by atoms with Crippen LogP contribution in [0.1, 0.15) is 41.7 Å². The zero-order chi connectivity index (χ0) is 12.7. The molecule has 18 heavy (non-hydrogen) atoms. The minimum absolute atomic E-state index is 0.0163. The summed E-state index contributed by atoms with van der Waals surface area (Å²) >= 11 is 6.20. The first kappa shape index (κ1) is 11.5. The van der Waals surface area contributed by atoms with Crippen molar-refractivity contribution >= 4 is 17.4 Å². The zero-order valence-corrected chi connectivity index (χ0v) is 10.8. The van der Waals surface area contributed by atoms with Crippen molar-refractivity contribution in [3.05, 3.63) is 46.7 Å². The molecular formula is C14H13ClN2O. The van der Waals surface area contributed by atoms with Gasteiger partial charge in [0.25, 0.3) is 0 Å². The molecule has 3 rings (SSSR count). The topological polar surface area (TPSA) is 34.9 Å². The summed E-state index contributed by atoms with van der Waals surface area (Å²) in [5.41, 5.74) is 2.56. The highest BCUT2D eigenvalue weighted by Gasteiger charge is 2.26. The Bertz CT molecular complexity index is 614. The van der Waals surface area contributed by atoms with Gasteiger partial charge in [0.1, 0.15) is 0 Å². The third-order valence-corrected chi connectivity index (χ3v) is 3.51. The van der Waals surface area contributed by atoms with E-state index >= 15 is 0 Å². The van der Waals surface area contributed by atoms with Crippen molar-refractivity contribution in [2.24, 2.45) is 0 Å². The molecule has 0 atom stereocenters. The lowest BCUT2D eigenvalue weighted by atomic mass is 10.1. The van der Waals surface area contributed by atoms with Crippen molar-refractivity contribution in [2.45, 2.75) is 25.7 Å². The zero-order valence-electron chi connectivity index (χ0n) is 10.1. The average molecular weight is 261 g/mol. The highest BCUT2D eigenvalue weighted by Crippen LogP contribution is 2.39. The minimum atomic E-state index is 0.0163. The Hall–Kier alpha value is -1.61.